The van der Waals surface area contributed by atoms with Gasteiger partial charge in [-0.05, 0) is 37.0 Å². The van der Waals surface area contributed by atoms with Gasteiger partial charge in [0.15, 0.2) is 5.82 Å². The number of hydrogen-bond acceptors (Lipinski definition) is 4. The highest BCUT2D eigenvalue weighted by molar-refractivity contribution is 5.91. The summed E-state index contributed by atoms with van der Waals surface area (Å²) in [5.41, 5.74) is 6.78. The van der Waals surface area contributed by atoms with Crippen LogP contribution in [0.2, 0.25) is 0 Å². The van der Waals surface area contributed by atoms with E-state index in [9.17, 15) is 9.18 Å². The Kier molecular flexibility index (Phi) is 4.66. The average molecular weight is 317 g/mol. The van der Waals surface area contributed by atoms with Crippen molar-refractivity contribution in [2.24, 2.45) is 11.7 Å². The SMILES string of the molecule is NC1CCCCC1CC(=O)Nc1ccc(-n2cncn2)c(F)c1. The van der Waals surface area contributed by atoms with Crippen LogP contribution < -0.4 is 11.1 Å². The monoisotopic (exact) mass is 317 g/mol. The Labute approximate surface area is 133 Å². The molecule has 7 heteroatoms. The number of amides is 1. The molecule has 0 spiro atoms. The van der Waals surface area contributed by atoms with Crippen LogP contribution in [0.1, 0.15) is 32.1 Å². The van der Waals surface area contributed by atoms with Crippen LogP contribution in [0.25, 0.3) is 5.69 Å². The molecule has 1 aromatic heterocycles. The maximum Gasteiger partial charge on any atom is 0.224 e. The molecule has 3 rings (SSSR count). The topological polar surface area (TPSA) is 85.8 Å². The molecule has 1 amide bonds. The first-order valence-corrected chi connectivity index (χ1v) is 7.83. The number of anilines is 1. The van der Waals surface area contributed by atoms with Gasteiger partial charge in [0.1, 0.15) is 18.3 Å². The maximum absolute atomic E-state index is 14.1. The summed E-state index contributed by atoms with van der Waals surface area (Å²) in [5, 5.41) is 6.63. The van der Waals surface area contributed by atoms with Crippen LogP contribution in [-0.2, 0) is 4.79 Å². The van der Waals surface area contributed by atoms with Crippen LogP contribution in [0.3, 0.4) is 0 Å². The molecule has 3 N–H and O–H groups in total. The molecule has 122 valence electrons. The lowest BCUT2D eigenvalue weighted by molar-refractivity contribution is -0.117. The van der Waals surface area contributed by atoms with Gasteiger partial charge < -0.3 is 11.1 Å². The Hall–Kier alpha value is -2.28. The molecule has 0 aliphatic heterocycles. The molecular formula is C16H20FN5O. The number of benzene rings is 1. The lowest BCUT2D eigenvalue weighted by Gasteiger charge is -2.27. The zero-order valence-corrected chi connectivity index (χ0v) is 12.8. The number of rotatable bonds is 4. The summed E-state index contributed by atoms with van der Waals surface area (Å²) in [6.07, 6.45) is 7.34. The summed E-state index contributed by atoms with van der Waals surface area (Å²) in [5.74, 6) is -0.383. The van der Waals surface area contributed by atoms with Crippen molar-refractivity contribution < 1.29 is 9.18 Å². The van der Waals surface area contributed by atoms with Crippen molar-refractivity contribution >= 4 is 11.6 Å². The van der Waals surface area contributed by atoms with Crippen LogP contribution in [0.5, 0.6) is 0 Å². The van der Waals surface area contributed by atoms with Crippen LogP contribution in [0.4, 0.5) is 10.1 Å². The number of carbonyl (C=O) groups is 1. The van der Waals surface area contributed by atoms with Gasteiger partial charge in [-0.1, -0.05) is 12.8 Å². The maximum atomic E-state index is 14.1. The number of carbonyl (C=O) groups excluding carboxylic acids is 1. The summed E-state index contributed by atoms with van der Waals surface area (Å²) in [6.45, 7) is 0. The summed E-state index contributed by atoms with van der Waals surface area (Å²) in [7, 11) is 0. The normalized spacial score (nSPS) is 21.1. The molecule has 0 bridgehead atoms. The molecule has 1 heterocycles. The number of nitrogens with one attached hydrogen (secondary N) is 1. The molecule has 1 aliphatic rings. The third-order valence-corrected chi connectivity index (χ3v) is 4.31. The molecule has 1 aromatic carbocycles. The third-order valence-electron chi connectivity index (χ3n) is 4.31. The van der Waals surface area contributed by atoms with Crippen LogP contribution >= 0.6 is 0 Å². The van der Waals surface area contributed by atoms with E-state index >= 15 is 0 Å². The largest absolute Gasteiger partial charge is 0.327 e. The lowest BCUT2D eigenvalue weighted by atomic mass is 9.83. The van der Waals surface area contributed by atoms with Crippen molar-refractivity contribution in [1.29, 1.82) is 0 Å². The lowest BCUT2D eigenvalue weighted by Crippen LogP contribution is -2.35. The molecule has 0 saturated heterocycles. The average Bonchev–Trinajstić information content (AvgIpc) is 3.04. The van der Waals surface area contributed by atoms with Gasteiger partial charge in [-0.15, -0.1) is 0 Å². The van der Waals surface area contributed by atoms with E-state index in [4.69, 9.17) is 5.73 Å². The summed E-state index contributed by atoms with van der Waals surface area (Å²) < 4.78 is 15.5. The highest BCUT2D eigenvalue weighted by Gasteiger charge is 2.24. The Bertz CT molecular complexity index is 673. The minimum absolute atomic E-state index is 0.0842. The van der Waals surface area contributed by atoms with Crippen molar-refractivity contribution in [3.05, 3.63) is 36.7 Å². The minimum Gasteiger partial charge on any atom is -0.327 e. The first-order valence-electron chi connectivity index (χ1n) is 7.83. The summed E-state index contributed by atoms with van der Waals surface area (Å²) in [6, 6.07) is 4.58. The number of halogens is 1. The Morgan fingerprint density at radius 2 is 2.22 bits per heavy atom. The van der Waals surface area contributed by atoms with Gasteiger partial charge in [0.05, 0.1) is 0 Å². The molecule has 1 saturated carbocycles. The van der Waals surface area contributed by atoms with Crippen LogP contribution in [0.15, 0.2) is 30.9 Å². The zero-order chi connectivity index (χ0) is 16.2. The number of nitrogens with two attached hydrogens (primary N) is 1. The fourth-order valence-corrected chi connectivity index (χ4v) is 3.04. The fraction of sp³-hybridized carbons (Fsp3) is 0.438. The van der Waals surface area contributed by atoms with Gasteiger partial charge in [0, 0.05) is 18.2 Å². The van der Waals surface area contributed by atoms with Gasteiger partial charge in [-0.2, -0.15) is 5.10 Å². The molecule has 6 nitrogen and oxygen atoms in total. The van der Waals surface area contributed by atoms with Crippen molar-refractivity contribution in [3.63, 3.8) is 0 Å². The predicted molar refractivity (Wildman–Crippen MR) is 84.5 cm³/mol. The fourth-order valence-electron chi connectivity index (χ4n) is 3.04. The second-order valence-electron chi connectivity index (χ2n) is 5.97. The van der Waals surface area contributed by atoms with E-state index in [0.717, 1.165) is 25.7 Å². The third kappa shape index (κ3) is 3.73. The molecule has 0 radical (unpaired) electrons. The highest BCUT2D eigenvalue weighted by atomic mass is 19.1. The van der Waals surface area contributed by atoms with Gasteiger partial charge >= 0.3 is 0 Å². The van der Waals surface area contributed by atoms with Crippen molar-refractivity contribution in [1.82, 2.24) is 14.8 Å². The second kappa shape index (κ2) is 6.87. The smallest absolute Gasteiger partial charge is 0.224 e. The van der Waals surface area contributed by atoms with Gasteiger partial charge in [0.2, 0.25) is 5.91 Å². The van der Waals surface area contributed by atoms with E-state index in [0.29, 0.717) is 12.1 Å². The van der Waals surface area contributed by atoms with Crippen LogP contribution in [0, 0.1) is 11.7 Å². The molecule has 23 heavy (non-hydrogen) atoms. The quantitative estimate of drug-likeness (QED) is 0.905. The molecule has 2 unspecified atom stereocenters. The van der Waals surface area contributed by atoms with E-state index in [1.807, 2.05) is 0 Å². The number of nitrogens with zero attached hydrogens (tertiary/aromatic N) is 3. The second-order valence-corrected chi connectivity index (χ2v) is 5.97. The Morgan fingerprint density at radius 1 is 1.39 bits per heavy atom. The van der Waals surface area contributed by atoms with Gasteiger partial charge in [0.25, 0.3) is 0 Å². The zero-order valence-electron chi connectivity index (χ0n) is 12.8. The first kappa shape index (κ1) is 15.6. The van der Waals surface area contributed by atoms with E-state index in [-0.39, 0.29) is 23.6 Å². The van der Waals surface area contributed by atoms with E-state index in [1.54, 1.807) is 12.1 Å². The summed E-state index contributed by atoms with van der Waals surface area (Å²) in [4.78, 5) is 15.9. The molecule has 2 atom stereocenters. The van der Waals surface area contributed by atoms with E-state index in [2.05, 4.69) is 15.4 Å². The standard InChI is InChI=1S/C16H20FN5O/c17-13-8-12(5-6-15(13)22-10-19-9-20-22)21-16(23)7-11-3-1-2-4-14(11)18/h5-6,8-11,14H,1-4,7,18H2,(H,21,23). The summed E-state index contributed by atoms with van der Waals surface area (Å²) >= 11 is 0. The van der Waals surface area contributed by atoms with Crippen molar-refractivity contribution in [3.8, 4) is 5.69 Å². The van der Waals surface area contributed by atoms with Crippen LogP contribution in [-0.4, -0.2) is 26.7 Å². The first-order chi connectivity index (χ1) is 11.1. The minimum atomic E-state index is -0.470. The molecular weight excluding hydrogens is 297 g/mol. The van der Waals surface area contributed by atoms with Crippen molar-refractivity contribution in [2.75, 3.05) is 5.32 Å². The predicted octanol–water partition coefficient (Wildman–Crippen LogP) is 2.25. The number of aromatic nitrogens is 3. The highest BCUT2D eigenvalue weighted by Crippen LogP contribution is 2.26. The molecule has 2 aromatic rings. The number of hydrogen-bond donors (Lipinski definition) is 2. The van der Waals surface area contributed by atoms with Gasteiger partial charge in [-0.3, -0.25) is 4.79 Å². The van der Waals surface area contributed by atoms with E-state index < -0.39 is 5.82 Å². The molecule has 1 aliphatic carbocycles. The van der Waals surface area contributed by atoms with Crippen molar-refractivity contribution in [2.45, 2.75) is 38.1 Å². The van der Waals surface area contributed by atoms with E-state index in [1.165, 1.54) is 23.4 Å². The molecule has 1 fully saturated rings. The Balaban J connectivity index is 1.63. The van der Waals surface area contributed by atoms with Gasteiger partial charge in [-0.25, -0.2) is 14.1 Å². The Morgan fingerprint density at radius 3 is 2.91 bits per heavy atom.